The number of halogens is 1. The number of carbonyl (C=O) groups excluding carboxylic acids is 4. The molecular formula is C24H26BrKN2O4. The number of fused-ring (bicyclic) bond motifs is 2. The Labute approximate surface area is 240 Å². The molecule has 2 heterocycles. The first-order chi connectivity index (χ1) is 15.0. The Kier molecular flexibility index (Phi) is 11.4. The zero-order chi connectivity index (χ0) is 22.2. The second kappa shape index (κ2) is 13.5. The molecule has 0 aliphatic carbocycles. The van der Waals surface area contributed by atoms with Gasteiger partial charge in [0.15, 0.2) is 0 Å². The van der Waals surface area contributed by atoms with E-state index in [0.29, 0.717) is 28.8 Å². The van der Waals surface area contributed by atoms with Crippen molar-refractivity contribution in [2.24, 2.45) is 0 Å². The van der Waals surface area contributed by atoms with Gasteiger partial charge in [-0.25, -0.2) is 0 Å². The van der Waals surface area contributed by atoms with Crippen molar-refractivity contribution in [2.45, 2.75) is 38.5 Å². The van der Waals surface area contributed by atoms with E-state index < -0.39 is 0 Å². The van der Waals surface area contributed by atoms with E-state index in [0.717, 1.165) is 18.2 Å². The number of imide groups is 2. The van der Waals surface area contributed by atoms with Gasteiger partial charge in [0, 0.05) is 11.9 Å². The molecule has 0 saturated heterocycles. The SMILES string of the molecule is O=C1NC(=O)c2ccccc21.O=C1c2ccccc2C(=O)N1CCCCCCCCBr.[H-].[K+]. The first-order valence-corrected chi connectivity index (χ1v) is 11.6. The van der Waals surface area contributed by atoms with Crippen LogP contribution in [0.25, 0.3) is 0 Å². The van der Waals surface area contributed by atoms with Crippen LogP contribution in [0.4, 0.5) is 0 Å². The van der Waals surface area contributed by atoms with E-state index in [-0.39, 0.29) is 76.4 Å². The normalized spacial score (nSPS) is 13.7. The van der Waals surface area contributed by atoms with E-state index in [2.05, 4.69) is 21.2 Å². The van der Waals surface area contributed by atoms with E-state index in [1.807, 2.05) is 0 Å². The molecule has 2 aliphatic heterocycles. The third-order valence-electron chi connectivity index (χ3n) is 5.29. The number of nitrogens with one attached hydrogen (secondary N) is 1. The predicted molar refractivity (Wildman–Crippen MR) is 123 cm³/mol. The van der Waals surface area contributed by atoms with E-state index in [1.165, 1.54) is 30.6 Å². The smallest absolute Gasteiger partial charge is 1.00 e. The maximum Gasteiger partial charge on any atom is 1.00 e. The fourth-order valence-electron chi connectivity index (χ4n) is 3.63. The minimum absolute atomic E-state index is 0. The molecule has 0 saturated carbocycles. The maximum absolute atomic E-state index is 12.1. The van der Waals surface area contributed by atoms with Gasteiger partial charge < -0.3 is 1.43 Å². The Bertz CT molecular complexity index is 934. The van der Waals surface area contributed by atoms with Gasteiger partial charge in [-0.05, 0) is 37.1 Å². The van der Waals surface area contributed by atoms with Gasteiger partial charge in [0.2, 0.25) is 0 Å². The van der Waals surface area contributed by atoms with Gasteiger partial charge in [0.25, 0.3) is 23.6 Å². The van der Waals surface area contributed by atoms with Crippen LogP contribution in [0.3, 0.4) is 0 Å². The third kappa shape index (κ3) is 6.68. The number of nitrogens with zero attached hydrogens (tertiary/aromatic N) is 1. The number of carbonyl (C=O) groups is 4. The molecule has 0 unspecified atom stereocenters. The number of unbranched alkanes of at least 4 members (excludes halogenated alkanes) is 5. The Hall–Kier alpha value is -1.16. The van der Waals surface area contributed by atoms with Crippen LogP contribution >= 0.6 is 15.9 Å². The summed E-state index contributed by atoms with van der Waals surface area (Å²) in [4.78, 5) is 47.5. The van der Waals surface area contributed by atoms with Crippen LogP contribution in [0.5, 0.6) is 0 Å². The van der Waals surface area contributed by atoms with Gasteiger partial charge >= 0.3 is 51.4 Å². The van der Waals surface area contributed by atoms with E-state index in [1.54, 1.807) is 48.5 Å². The van der Waals surface area contributed by atoms with E-state index in [9.17, 15) is 19.2 Å². The molecule has 6 nitrogen and oxygen atoms in total. The summed E-state index contributed by atoms with van der Waals surface area (Å²) in [6, 6.07) is 13.8. The fourth-order valence-corrected chi connectivity index (χ4v) is 4.03. The van der Waals surface area contributed by atoms with E-state index in [4.69, 9.17) is 0 Å². The van der Waals surface area contributed by atoms with Crippen molar-refractivity contribution in [2.75, 3.05) is 11.9 Å². The fraction of sp³-hybridized carbons (Fsp3) is 0.333. The predicted octanol–water partition coefficient (Wildman–Crippen LogP) is 1.70. The quantitative estimate of drug-likeness (QED) is 0.246. The second-order valence-electron chi connectivity index (χ2n) is 7.45. The molecule has 1 N–H and O–H groups in total. The van der Waals surface area contributed by atoms with Crippen LogP contribution in [0.15, 0.2) is 48.5 Å². The molecule has 2 aromatic carbocycles. The molecule has 2 aliphatic rings. The largest absolute Gasteiger partial charge is 1.00 e. The van der Waals surface area contributed by atoms with Gasteiger partial charge in [-0.15, -0.1) is 0 Å². The monoisotopic (exact) mass is 524 g/mol. The topological polar surface area (TPSA) is 83.5 Å². The van der Waals surface area contributed by atoms with E-state index >= 15 is 0 Å². The summed E-state index contributed by atoms with van der Waals surface area (Å²) in [5.41, 5.74) is 2.04. The molecule has 32 heavy (non-hydrogen) atoms. The first kappa shape index (κ1) is 27.1. The van der Waals surface area contributed by atoms with Crippen molar-refractivity contribution >= 4 is 39.6 Å². The van der Waals surface area contributed by atoms with Crippen molar-refractivity contribution in [3.05, 3.63) is 70.8 Å². The molecule has 8 heteroatoms. The number of hydrogen-bond donors (Lipinski definition) is 1. The zero-order valence-electron chi connectivity index (χ0n) is 19.2. The average Bonchev–Trinajstić information content (AvgIpc) is 3.21. The Balaban J connectivity index is 0.000000357. The van der Waals surface area contributed by atoms with Crippen molar-refractivity contribution in [1.29, 1.82) is 0 Å². The molecule has 164 valence electrons. The van der Waals surface area contributed by atoms with Crippen LogP contribution in [0, 0.1) is 0 Å². The number of amides is 4. The van der Waals surface area contributed by atoms with Gasteiger partial charge in [-0.1, -0.05) is 65.9 Å². The Morgan fingerprint density at radius 3 is 1.53 bits per heavy atom. The van der Waals surface area contributed by atoms with Gasteiger partial charge in [-0.2, -0.15) is 0 Å². The average molecular weight is 525 g/mol. The van der Waals surface area contributed by atoms with Gasteiger partial charge in [0.05, 0.1) is 22.3 Å². The minimum Gasteiger partial charge on any atom is -1.00 e. The van der Waals surface area contributed by atoms with Gasteiger partial charge in [0.1, 0.15) is 0 Å². The molecule has 2 aromatic rings. The molecule has 0 spiro atoms. The second-order valence-corrected chi connectivity index (χ2v) is 8.24. The summed E-state index contributed by atoms with van der Waals surface area (Å²) in [5, 5.41) is 3.28. The number of hydrogen-bond acceptors (Lipinski definition) is 4. The molecule has 4 rings (SSSR count). The van der Waals surface area contributed by atoms with Crippen LogP contribution in [0.1, 0.15) is 81.4 Å². The van der Waals surface area contributed by atoms with Crippen LogP contribution in [-0.4, -0.2) is 40.4 Å². The standard InChI is InChI=1S/C16H20BrNO2.C8H5NO2.K.H/c17-11-7-3-1-2-4-8-12-18-15(19)13-9-5-6-10-14(13)16(18)20;10-7-5-3-1-2-4-6(5)8(11)9-7;;/h5-6,9-10H,1-4,7-8,11-12H2;1-4H,(H,9,10,11);;/q;;+1;-1. The summed E-state index contributed by atoms with van der Waals surface area (Å²) in [7, 11) is 0. The molecule has 0 radical (unpaired) electrons. The molecule has 4 amide bonds. The molecule has 0 bridgehead atoms. The number of benzene rings is 2. The molecule has 0 atom stereocenters. The summed E-state index contributed by atoms with van der Waals surface area (Å²) in [6.07, 6.45) is 6.86. The summed E-state index contributed by atoms with van der Waals surface area (Å²) in [6.45, 7) is 0.546. The zero-order valence-corrected chi connectivity index (χ0v) is 22.9. The van der Waals surface area contributed by atoms with Crippen molar-refractivity contribution in [3.8, 4) is 0 Å². The van der Waals surface area contributed by atoms with Crippen LogP contribution < -0.4 is 56.7 Å². The van der Waals surface area contributed by atoms with Crippen molar-refractivity contribution < 1.29 is 72.0 Å². The number of alkyl halides is 1. The maximum atomic E-state index is 12.1. The Morgan fingerprint density at radius 1 is 0.656 bits per heavy atom. The summed E-state index contributed by atoms with van der Waals surface area (Å²) >= 11 is 3.42. The Morgan fingerprint density at radius 2 is 1.06 bits per heavy atom. The van der Waals surface area contributed by atoms with Gasteiger partial charge in [-0.3, -0.25) is 29.4 Å². The third-order valence-corrected chi connectivity index (χ3v) is 5.85. The first-order valence-electron chi connectivity index (χ1n) is 10.5. The van der Waals surface area contributed by atoms with Crippen molar-refractivity contribution in [3.63, 3.8) is 0 Å². The van der Waals surface area contributed by atoms with Crippen molar-refractivity contribution in [1.82, 2.24) is 10.2 Å². The molecule has 0 fully saturated rings. The number of rotatable bonds is 8. The van der Waals surface area contributed by atoms with Crippen LogP contribution in [0.2, 0.25) is 0 Å². The summed E-state index contributed by atoms with van der Waals surface area (Å²) < 4.78 is 0. The minimum atomic E-state index is -0.300. The van der Waals surface area contributed by atoms with Crippen LogP contribution in [-0.2, 0) is 0 Å². The summed E-state index contributed by atoms with van der Waals surface area (Å²) in [5.74, 6) is -0.869. The molecular weight excluding hydrogens is 499 g/mol. The molecule has 0 aromatic heterocycles.